The van der Waals surface area contributed by atoms with Crippen molar-refractivity contribution in [2.75, 3.05) is 6.61 Å². The number of nitrogens with zero attached hydrogens (tertiary/aromatic N) is 4. The maximum absolute atomic E-state index is 13.6. The number of rotatable bonds is 5. The SMILES string of the molecule is C=CCOc1ncc(F)c(N=Nc2cc(C)ccc2C)n1. The molecule has 2 rings (SSSR count). The molecule has 5 nitrogen and oxygen atoms in total. The third-order valence-corrected chi connectivity index (χ3v) is 2.65. The van der Waals surface area contributed by atoms with Gasteiger partial charge in [-0.2, -0.15) is 4.98 Å². The van der Waals surface area contributed by atoms with Crippen LogP contribution in [-0.2, 0) is 0 Å². The summed E-state index contributed by atoms with van der Waals surface area (Å²) >= 11 is 0. The van der Waals surface area contributed by atoms with E-state index in [0.29, 0.717) is 5.69 Å². The average molecular weight is 286 g/mol. The van der Waals surface area contributed by atoms with Crippen molar-refractivity contribution in [1.29, 1.82) is 0 Å². The predicted octanol–water partition coefficient (Wildman–Crippen LogP) is 4.21. The third kappa shape index (κ3) is 3.92. The lowest BCUT2D eigenvalue weighted by Gasteiger charge is -2.02. The van der Waals surface area contributed by atoms with Crippen molar-refractivity contribution in [2.24, 2.45) is 10.2 Å². The highest BCUT2D eigenvalue weighted by Gasteiger charge is 2.07. The van der Waals surface area contributed by atoms with Crippen LogP contribution < -0.4 is 4.74 Å². The highest BCUT2D eigenvalue weighted by atomic mass is 19.1. The molecule has 0 aliphatic carbocycles. The molecule has 0 unspecified atom stereocenters. The molecule has 0 spiro atoms. The van der Waals surface area contributed by atoms with Gasteiger partial charge in [-0.15, -0.1) is 10.2 Å². The maximum atomic E-state index is 13.6. The third-order valence-electron chi connectivity index (χ3n) is 2.65. The van der Waals surface area contributed by atoms with Crippen molar-refractivity contribution in [3.8, 4) is 6.01 Å². The molecule has 1 aromatic heterocycles. The molecule has 21 heavy (non-hydrogen) atoms. The topological polar surface area (TPSA) is 59.7 Å². The predicted molar refractivity (Wildman–Crippen MR) is 77.8 cm³/mol. The van der Waals surface area contributed by atoms with Crippen LogP contribution in [0.5, 0.6) is 6.01 Å². The summed E-state index contributed by atoms with van der Waals surface area (Å²) in [4.78, 5) is 7.57. The van der Waals surface area contributed by atoms with Crippen molar-refractivity contribution in [3.05, 3.63) is 54.0 Å². The Morgan fingerprint density at radius 2 is 2.14 bits per heavy atom. The number of ether oxygens (including phenoxy) is 1. The van der Waals surface area contributed by atoms with Crippen LogP contribution in [0.3, 0.4) is 0 Å². The van der Waals surface area contributed by atoms with E-state index in [9.17, 15) is 4.39 Å². The molecule has 0 bridgehead atoms. The summed E-state index contributed by atoms with van der Waals surface area (Å²) in [7, 11) is 0. The van der Waals surface area contributed by atoms with Gasteiger partial charge in [-0.25, -0.2) is 9.37 Å². The second kappa shape index (κ2) is 6.69. The van der Waals surface area contributed by atoms with Gasteiger partial charge in [0, 0.05) is 0 Å². The minimum Gasteiger partial charge on any atom is -0.459 e. The smallest absolute Gasteiger partial charge is 0.318 e. The van der Waals surface area contributed by atoms with Gasteiger partial charge in [0.2, 0.25) is 5.82 Å². The largest absolute Gasteiger partial charge is 0.459 e. The van der Waals surface area contributed by atoms with E-state index in [4.69, 9.17) is 4.74 Å². The molecule has 0 saturated carbocycles. The Hall–Kier alpha value is -2.63. The molecule has 108 valence electrons. The number of aryl methyl sites for hydroxylation is 2. The lowest BCUT2D eigenvalue weighted by Crippen LogP contribution is -1.98. The number of halogens is 1. The highest BCUT2D eigenvalue weighted by Crippen LogP contribution is 2.24. The standard InChI is InChI=1S/C15H15FN4O/c1-4-7-21-15-17-9-12(16)14(18-15)20-19-13-8-10(2)5-6-11(13)3/h4-6,8-9H,1,7H2,2-3H3. The lowest BCUT2D eigenvalue weighted by molar-refractivity contribution is 0.331. The van der Waals surface area contributed by atoms with E-state index in [2.05, 4.69) is 26.8 Å². The molecule has 0 aliphatic heterocycles. The average Bonchev–Trinajstić information content (AvgIpc) is 2.48. The molecular formula is C15H15FN4O. The van der Waals surface area contributed by atoms with Gasteiger partial charge in [0.25, 0.3) is 0 Å². The van der Waals surface area contributed by atoms with Crippen LogP contribution in [-0.4, -0.2) is 16.6 Å². The zero-order valence-electron chi connectivity index (χ0n) is 11.9. The van der Waals surface area contributed by atoms with E-state index in [0.717, 1.165) is 17.3 Å². The van der Waals surface area contributed by atoms with Crippen molar-refractivity contribution < 1.29 is 9.13 Å². The molecule has 0 N–H and O–H groups in total. The molecule has 0 atom stereocenters. The van der Waals surface area contributed by atoms with Gasteiger partial charge < -0.3 is 4.74 Å². The second-order valence-electron chi connectivity index (χ2n) is 4.41. The number of benzene rings is 1. The molecule has 0 fully saturated rings. The van der Waals surface area contributed by atoms with Gasteiger partial charge in [0.1, 0.15) is 6.61 Å². The van der Waals surface area contributed by atoms with Crippen LogP contribution in [0, 0.1) is 19.7 Å². The van der Waals surface area contributed by atoms with Gasteiger partial charge >= 0.3 is 6.01 Å². The van der Waals surface area contributed by atoms with Gasteiger partial charge in [0.15, 0.2) is 5.82 Å². The number of hydrogen-bond acceptors (Lipinski definition) is 5. The quantitative estimate of drug-likeness (QED) is 0.611. The molecule has 0 radical (unpaired) electrons. The Morgan fingerprint density at radius 1 is 1.33 bits per heavy atom. The summed E-state index contributed by atoms with van der Waals surface area (Å²) < 4.78 is 18.8. The van der Waals surface area contributed by atoms with Gasteiger partial charge in [-0.1, -0.05) is 24.8 Å². The maximum Gasteiger partial charge on any atom is 0.318 e. The van der Waals surface area contributed by atoms with Gasteiger partial charge in [-0.3, -0.25) is 0 Å². The summed E-state index contributed by atoms with van der Waals surface area (Å²) in [5.74, 6) is -0.819. The van der Waals surface area contributed by atoms with Crippen molar-refractivity contribution >= 4 is 11.5 Å². The van der Waals surface area contributed by atoms with Crippen LogP contribution in [0.15, 0.2) is 47.3 Å². The summed E-state index contributed by atoms with van der Waals surface area (Å²) in [6, 6.07) is 5.80. The Labute approximate surface area is 122 Å². The zero-order chi connectivity index (χ0) is 15.2. The van der Waals surface area contributed by atoms with Gasteiger partial charge in [0.05, 0.1) is 11.9 Å². The second-order valence-corrected chi connectivity index (χ2v) is 4.41. The fourth-order valence-electron chi connectivity index (χ4n) is 1.54. The minimum absolute atomic E-state index is 0.0335. The fraction of sp³-hybridized carbons (Fsp3) is 0.200. The number of azo groups is 1. The Balaban J connectivity index is 2.27. The van der Waals surface area contributed by atoms with Crippen LogP contribution in [0.4, 0.5) is 15.9 Å². The first-order valence-corrected chi connectivity index (χ1v) is 6.35. The number of hydrogen-bond donors (Lipinski definition) is 0. The fourth-order valence-corrected chi connectivity index (χ4v) is 1.54. The van der Waals surface area contributed by atoms with Crippen LogP contribution in [0.25, 0.3) is 0 Å². The lowest BCUT2D eigenvalue weighted by atomic mass is 10.1. The Kier molecular flexibility index (Phi) is 4.71. The first-order chi connectivity index (χ1) is 10.1. The van der Waals surface area contributed by atoms with Gasteiger partial charge in [-0.05, 0) is 31.0 Å². The van der Waals surface area contributed by atoms with E-state index >= 15 is 0 Å². The van der Waals surface area contributed by atoms with Crippen LogP contribution in [0.1, 0.15) is 11.1 Å². The van der Waals surface area contributed by atoms with Crippen molar-refractivity contribution in [3.63, 3.8) is 0 Å². The summed E-state index contributed by atoms with van der Waals surface area (Å²) in [5.41, 5.74) is 2.66. The van der Waals surface area contributed by atoms with E-state index in [1.165, 1.54) is 0 Å². The van der Waals surface area contributed by atoms with E-state index in [-0.39, 0.29) is 18.4 Å². The Morgan fingerprint density at radius 3 is 2.90 bits per heavy atom. The summed E-state index contributed by atoms with van der Waals surface area (Å²) in [6.45, 7) is 7.60. The number of aromatic nitrogens is 2. The minimum atomic E-state index is -0.657. The van der Waals surface area contributed by atoms with Crippen LogP contribution >= 0.6 is 0 Å². The first kappa shape index (κ1) is 14.8. The van der Waals surface area contributed by atoms with E-state index < -0.39 is 5.82 Å². The molecule has 6 heteroatoms. The summed E-state index contributed by atoms with van der Waals surface area (Å²) in [6.07, 6.45) is 2.55. The molecule has 1 aromatic carbocycles. The first-order valence-electron chi connectivity index (χ1n) is 6.35. The molecule has 0 saturated heterocycles. The normalized spacial score (nSPS) is 10.8. The van der Waals surface area contributed by atoms with E-state index in [1.807, 2.05) is 32.0 Å². The van der Waals surface area contributed by atoms with Crippen molar-refractivity contribution in [2.45, 2.75) is 13.8 Å². The highest BCUT2D eigenvalue weighted by molar-refractivity contribution is 5.47. The Bertz CT molecular complexity index is 685. The molecule has 2 aromatic rings. The molecule has 1 heterocycles. The summed E-state index contributed by atoms with van der Waals surface area (Å²) in [5, 5.41) is 7.88. The molecule has 0 amide bonds. The monoisotopic (exact) mass is 286 g/mol. The van der Waals surface area contributed by atoms with Crippen molar-refractivity contribution in [1.82, 2.24) is 9.97 Å². The zero-order valence-corrected chi connectivity index (χ0v) is 11.9. The molecule has 0 aliphatic rings. The van der Waals surface area contributed by atoms with Crippen LogP contribution in [0.2, 0.25) is 0 Å². The van der Waals surface area contributed by atoms with E-state index in [1.54, 1.807) is 6.08 Å². The molecular weight excluding hydrogens is 271 g/mol.